The predicted molar refractivity (Wildman–Crippen MR) is 64.0 cm³/mol. The fourth-order valence-corrected chi connectivity index (χ4v) is 2.95. The average Bonchev–Trinajstić information content (AvgIpc) is 2.87. The molecule has 1 heterocycles. The lowest BCUT2D eigenvalue weighted by Crippen LogP contribution is -2.53. The van der Waals surface area contributed by atoms with Gasteiger partial charge in [0.1, 0.15) is 0 Å². The van der Waals surface area contributed by atoms with Gasteiger partial charge in [0.2, 0.25) is 5.91 Å². The van der Waals surface area contributed by atoms with Crippen LogP contribution in [0.4, 0.5) is 0 Å². The highest BCUT2D eigenvalue weighted by Gasteiger charge is 2.39. The van der Waals surface area contributed by atoms with Crippen molar-refractivity contribution in [3.63, 3.8) is 0 Å². The number of carboxylic acid groups (broad SMARTS) is 1. The van der Waals surface area contributed by atoms with Gasteiger partial charge in [-0.25, -0.2) is 0 Å². The van der Waals surface area contributed by atoms with Crippen LogP contribution in [0, 0.1) is 0 Å². The fraction of sp³-hybridized carbons (Fsp3) is 0.833. The van der Waals surface area contributed by atoms with Gasteiger partial charge in [0.05, 0.1) is 24.1 Å². The Bertz CT molecular complexity index is 339. The van der Waals surface area contributed by atoms with Gasteiger partial charge in [-0.3, -0.25) is 9.59 Å². The van der Waals surface area contributed by atoms with Gasteiger partial charge < -0.3 is 20.8 Å². The van der Waals surface area contributed by atoms with E-state index in [0.717, 1.165) is 25.7 Å². The molecule has 0 radical (unpaired) electrons. The van der Waals surface area contributed by atoms with E-state index in [4.69, 9.17) is 5.11 Å². The minimum absolute atomic E-state index is 0.0198. The molecule has 0 aromatic heterocycles. The molecule has 2 atom stereocenters. The number of amides is 1. The molecule has 2 fully saturated rings. The van der Waals surface area contributed by atoms with E-state index in [1.54, 1.807) is 0 Å². The van der Waals surface area contributed by atoms with Gasteiger partial charge in [-0.05, 0) is 19.3 Å². The zero-order valence-corrected chi connectivity index (χ0v) is 10.3. The topological polar surface area (TPSA) is 98.7 Å². The second kappa shape index (κ2) is 5.24. The lowest BCUT2D eigenvalue weighted by atomic mass is 9.92. The third kappa shape index (κ3) is 3.00. The van der Waals surface area contributed by atoms with Gasteiger partial charge in [0.15, 0.2) is 0 Å². The maximum atomic E-state index is 12.1. The first-order valence-electron chi connectivity index (χ1n) is 6.46. The van der Waals surface area contributed by atoms with E-state index in [-0.39, 0.29) is 12.3 Å². The molecule has 0 spiro atoms. The number of aliphatic hydroxyl groups excluding tert-OH is 1. The smallest absolute Gasteiger partial charge is 0.305 e. The second-order valence-electron chi connectivity index (χ2n) is 5.40. The Hall–Kier alpha value is -1.14. The molecule has 6 nitrogen and oxygen atoms in total. The van der Waals surface area contributed by atoms with Crippen LogP contribution in [0.5, 0.6) is 0 Å². The molecule has 1 amide bonds. The standard InChI is InChI=1S/C12H20N2O4/c15-8-5-9(13-7-8)11(18)14-12(6-10(16)17)3-1-2-4-12/h8-9,13,15H,1-7H2,(H,14,18)(H,16,17). The third-order valence-corrected chi connectivity index (χ3v) is 3.86. The van der Waals surface area contributed by atoms with Crippen molar-refractivity contribution in [3.05, 3.63) is 0 Å². The summed E-state index contributed by atoms with van der Waals surface area (Å²) in [6.45, 7) is 0.421. The van der Waals surface area contributed by atoms with Crippen molar-refractivity contribution in [3.8, 4) is 0 Å². The van der Waals surface area contributed by atoms with Crippen molar-refractivity contribution < 1.29 is 19.8 Å². The van der Waals surface area contributed by atoms with E-state index in [9.17, 15) is 14.7 Å². The first-order valence-corrected chi connectivity index (χ1v) is 6.46. The third-order valence-electron chi connectivity index (χ3n) is 3.86. The largest absolute Gasteiger partial charge is 0.481 e. The van der Waals surface area contributed by atoms with Gasteiger partial charge >= 0.3 is 5.97 Å². The molecular formula is C12H20N2O4. The number of β-amino-alcohol motifs (C(OH)–C–C–N with tert-alkyl or cyclic N) is 1. The van der Waals surface area contributed by atoms with Crippen molar-refractivity contribution in [2.24, 2.45) is 0 Å². The van der Waals surface area contributed by atoms with Crippen LogP contribution in [0.25, 0.3) is 0 Å². The summed E-state index contributed by atoms with van der Waals surface area (Å²) in [5.41, 5.74) is -0.585. The Balaban J connectivity index is 1.96. The Morgan fingerprint density at radius 1 is 1.33 bits per heavy atom. The highest BCUT2D eigenvalue weighted by Crippen LogP contribution is 2.32. The van der Waals surface area contributed by atoms with Crippen LogP contribution in [0.15, 0.2) is 0 Å². The number of carbonyl (C=O) groups is 2. The molecule has 102 valence electrons. The Kier molecular flexibility index (Phi) is 3.87. The molecule has 0 aromatic rings. The van der Waals surface area contributed by atoms with Crippen LogP contribution in [0.2, 0.25) is 0 Å². The minimum Gasteiger partial charge on any atom is -0.481 e. The fourth-order valence-electron chi connectivity index (χ4n) is 2.95. The van der Waals surface area contributed by atoms with Gasteiger partial charge in [-0.1, -0.05) is 12.8 Å². The molecule has 0 bridgehead atoms. The monoisotopic (exact) mass is 256 g/mol. The number of rotatable bonds is 4. The van der Waals surface area contributed by atoms with E-state index in [1.165, 1.54) is 0 Å². The Morgan fingerprint density at radius 3 is 2.50 bits per heavy atom. The summed E-state index contributed by atoms with van der Waals surface area (Å²) in [6, 6.07) is -0.397. The summed E-state index contributed by atoms with van der Waals surface area (Å²) in [5.74, 6) is -1.06. The maximum absolute atomic E-state index is 12.1. The van der Waals surface area contributed by atoms with Crippen LogP contribution in [0.1, 0.15) is 38.5 Å². The number of carboxylic acids is 1. The quantitative estimate of drug-likeness (QED) is 0.549. The molecule has 2 aliphatic rings. The molecule has 0 aromatic carbocycles. The first-order chi connectivity index (χ1) is 8.51. The molecule has 6 heteroatoms. The normalized spacial score (nSPS) is 30.3. The van der Waals surface area contributed by atoms with Crippen molar-refractivity contribution in [1.29, 1.82) is 0 Å². The van der Waals surface area contributed by atoms with E-state index in [0.29, 0.717) is 13.0 Å². The van der Waals surface area contributed by atoms with E-state index in [2.05, 4.69) is 10.6 Å². The van der Waals surface area contributed by atoms with Crippen LogP contribution in [0.3, 0.4) is 0 Å². The van der Waals surface area contributed by atoms with Crippen molar-refractivity contribution >= 4 is 11.9 Å². The zero-order valence-electron chi connectivity index (χ0n) is 10.3. The number of aliphatic carboxylic acids is 1. The summed E-state index contributed by atoms with van der Waals surface area (Å²) >= 11 is 0. The number of hydrogen-bond donors (Lipinski definition) is 4. The number of nitrogens with one attached hydrogen (secondary N) is 2. The lowest BCUT2D eigenvalue weighted by molar-refractivity contribution is -0.139. The Labute approximate surface area is 106 Å². The zero-order chi connectivity index (χ0) is 13.2. The van der Waals surface area contributed by atoms with Gasteiger partial charge in [0, 0.05) is 6.54 Å². The highest BCUT2D eigenvalue weighted by atomic mass is 16.4. The number of aliphatic hydroxyl groups is 1. The van der Waals surface area contributed by atoms with Crippen molar-refractivity contribution in [1.82, 2.24) is 10.6 Å². The van der Waals surface area contributed by atoms with Crippen molar-refractivity contribution in [2.75, 3.05) is 6.54 Å². The molecule has 2 rings (SSSR count). The summed E-state index contributed by atoms with van der Waals surface area (Å²) in [5, 5.41) is 24.2. The van der Waals surface area contributed by atoms with E-state index < -0.39 is 23.7 Å². The second-order valence-corrected chi connectivity index (χ2v) is 5.40. The van der Waals surface area contributed by atoms with Gasteiger partial charge in [-0.15, -0.1) is 0 Å². The summed E-state index contributed by atoms with van der Waals surface area (Å²) in [4.78, 5) is 23.0. The Morgan fingerprint density at radius 2 is 2.00 bits per heavy atom. The molecule has 1 saturated heterocycles. The molecular weight excluding hydrogens is 236 g/mol. The summed E-state index contributed by atoms with van der Waals surface area (Å²) in [6.07, 6.45) is 3.24. The van der Waals surface area contributed by atoms with Gasteiger partial charge in [-0.2, -0.15) is 0 Å². The predicted octanol–water partition coefficient (Wildman–Crippen LogP) is -0.387. The molecule has 1 aliphatic heterocycles. The molecule has 18 heavy (non-hydrogen) atoms. The van der Waals surface area contributed by atoms with Crippen molar-refractivity contribution in [2.45, 2.75) is 56.2 Å². The van der Waals surface area contributed by atoms with E-state index >= 15 is 0 Å². The molecule has 1 saturated carbocycles. The number of hydrogen-bond acceptors (Lipinski definition) is 4. The van der Waals surface area contributed by atoms with Crippen LogP contribution in [-0.4, -0.2) is 46.3 Å². The maximum Gasteiger partial charge on any atom is 0.305 e. The minimum atomic E-state index is -0.878. The number of carbonyl (C=O) groups excluding carboxylic acids is 1. The summed E-state index contributed by atoms with van der Waals surface area (Å²) < 4.78 is 0. The van der Waals surface area contributed by atoms with Crippen LogP contribution < -0.4 is 10.6 Å². The van der Waals surface area contributed by atoms with Crippen LogP contribution in [-0.2, 0) is 9.59 Å². The van der Waals surface area contributed by atoms with Gasteiger partial charge in [0.25, 0.3) is 0 Å². The SMILES string of the molecule is O=C(O)CC1(NC(=O)C2CC(O)CN2)CCCC1. The first kappa shape index (κ1) is 13.3. The van der Waals surface area contributed by atoms with Crippen LogP contribution >= 0.6 is 0 Å². The highest BCUT2D eigenvalue weighted by molar-refractivity contribution is 5.83. The average molecular weight is 256 g/mol. The summed E-state index contributed by atoms with van der Waals surface area (Å²) in [7, 11) is 0. The molecule has 1 aliphatic carbocycles. The molecule has 4 N–H and O–H groups in total. The van der Waals surface area contributed by atoms with E-state index in [1.807, 2.05) is 0 Å². The molecule has 2 unspecified atom stereocenters. The lowest BCUT2D eigenvalue weighted by Gasteiger charge is -2.30.